The Morgan fingerprint density at radius 3 is 2.12 bits per heavy atom. The molecule has 9 heteroatoms. The quantitative estimate of drug-likeness (QED) is 0.691. The minimum absolute atomic E-state index is 0.0122. The molecule has 16 heavy (non-hydrogen) atoms. The zero-order valence-electron chi connectivity index (χ0n) is 8.87. The number of halogens is 3. The van der Waals surface area contributed by atoms with Gasteiger partial charge in [-0.15, -0.1) is 0 Å². The number of alkyl halides is 3. The molecule has 0 aromatic carbocycles. The van der Waals surface area contributed by atoms with E-state index in [-0.39, 0.29) is 5.54 Å². The number of nitrogens with zero attached hydrogens (tertiary/aromatic N) is 1. The molecule has 1 heterocycles. The van der Waals surface area contributed by atoms with Crippen LogP contribution in [0, 0.1) is 0 Å². The minimum Gasteiger partial charge on any atom is -0.470 e. The van der Waals surface area contributed by atoms with Gasteiger partial charge in [0.05, 0.1) is 5.54 Å². The van der Waals surface area contributed by atoms with Gasteiger partial charge in [-0.25, -0.2) is 9.20 Å². The summed E-state index contributed by atoms with van der Waals surface area (Å²) in [4.78, 5) is 4.30. The average Bonchev–Trinajstić information content (AvgIpc) is 2.45. The van der Waals surface area contributed by atoms with Crippen molar-refractivity contribution in [1.82, 2.24) is 0 Å². The van der Waals surface area contributed by atoms with E-state index in [9.17, 15) is 13.2 Å². The highest BCUT2D eigenvalue weighted by Crippen LogP contribution is 2.20. The summed E-state index contributed by atoms with van der Waals surface area (Å²) < 4.78 is 53.4. The number of hydrogen-bond donors (Lipinski definition) is 1. The highest BCUT2D eigenvalue weighted by atomic mass is 32.2. The van der Waals surface area contributed by atoms with Crippen LogP contribution >= 0.6 is 11.8 Å². The Kier molecular flexibility index (Phi) is 5.77. The van der Waals surface area contributed by atoms with Crippen molar-refractivity contribution in [2.45, 2.75) is 24.9 Å². The van der Waals surface area contributed by atoms with Gasteiger partial charge in [0.2, 0.25) is 5.23 Å². The average molecular weight is 279 g/mol. The van der Waals surface area contributed by atoms with Gasteiger partial charge >= 0.3 is 5.51 Å². The first-order chi connectivity index (χ1) is 7.08. The Morgan fingerprint density at radius 1 is 1.56 bits per heavy atom. The van der Waals surface area contributed by atoms with E-state index in [1.54, 1.807) is 11.8 Å². The molecule has 1 unspecified atom stereocenters. The summed E-state index contributed by atoms with van der Waals surface area (Å²) in [5.41, 5.74) is -4.96. The Bertz CT molecular complexity index is 291. The molecular formula is C7H12F3NO3S2. The van der Waals surface area contributed by atoms with Crippen LogP contribution in [0.2, 0.25) is 0 Å². The van der Waals surface area contributed by atoms with Crippen LogP contribution in [0.4, 0.5) is 13.2 Å². The number of ether oxygens (including phenoxy) is 1. The Morgan fingerprint density at radius 2 is 2.00 bits per heavy atom. The summed E-state index contributed by atoms with van der Waals surface area (Å²) >= 11 is -2.12. The molecule has 1 aliphatic heterocycles. The second-order valence-corrected chi connectivity index (χ2v) is 5.10. The summed E-state index contributed by atoms with van der Waals surface area (Å²) in [6, 6.07) is 0. The van der Waals surface area contributed by atoms with Gasteiger partial charge in [0.15, 0.2) is 0 Å². The van der Waals surface area contributed by atoms with Crippen LogP contribution in [-0.2, 0) is 15.8 Å². The van der Waals surface area contributed by atoms with Gasteiger partial charge in [0, 0.05) is 0 Å². The monoisotopic (exact) mass is 279 g/mol. The van der Waals surface area contributed by atoms with E-state index in [0.29, 0.717) is 0 Å². The summed E-state index contributed by atoms with van der Waals surface area (Å²) in [5, 5.41) is 0.819. The van der Waals surface area contributed by atoms with E-state index >= 15 is 0 Å². The topological polar surface area (TPSA) is 58.9 Å². The fraction of sp³-hybridized carbons (Fsp3) is 0.857. The molecule has 1 N–H and O–H groups in total. The third kappa shape index (κ3) is 6.33. The van der Waals surface area contributed by atoms with Crippen LogP contribution in [-0.4, -0.2) is 37.9 Å². The first-order valence-electron chi connectivity index (χ1n) is 4.03. The van der Waals surface area contributed by atoms with Gasteiger partial charge in [0.25, 0.3) is 11.1 Å². The largest absolute Gasteiger partial charge is 0.496 e. The van der Waals surface area contributed by atoms with Crippen molar-refractivity contribution in [2.75, 3.05) is 12.9 Å². The van der Waals surface area contributed by atoms with Gasteiger partial charge in [-0.1, -0.05) is 11.8 Å². The summed E-state index contributed by atoms with van der Waals surface area (Å²) in [6.07, 6.45) is 1.97. The molecule has 1 aliphatic rings. The molecule has 0 saturated carbocycles. The summed E-state index contributed by atoms with van der Waals surface area (Å²) in [5.74, 6) is 0. The van der Waals surface area contributed by atoms with E-state index in [1.165, 1.54) is 0 Å². The van der Waals surface area contributed by atoms with Crippen LogP contribution in [0.25, 0.3) is 0 Å². The standard InChI is InChI=1S/C6H11NOS.CHF3O2S/c1-6(2)4-8-5(7-6)9-3;2-1(3,4)7(5)6/h4H2,1-3H3;(H,5,6). The van der Waals surface area contributed by atoms with E-state index in [4.69, 9.17) is 13.5 Å². The van der Waals surface area contributed by atoms with Crippen LogP contribution in [0.5, 0.6) is 0 Å². The lowest BCUT2D eigenvalue weighted by atomic mass is 10.1. The third-order valence-electron chi connectivity index (χ3n) is 1.32. The lowest BCUT2D eigenvalue weighted by molar-refractivity contribution is -0.0446. The summed E-state index contributed by atoms with van der Waals surface area (Å²) in [6.45, 7) is 4.86. The van der Waals surface area contributed by atoms with Gasteiger partial charge in [-0.3, -0.25) is 4.55 Å². The smallest absolute Gasteiger partial charge is 0.470 e. The van der Waals surface area contributed by atoms with E-state index < -0.39 is 16.6 Å². The Balaban J connectivity index is 0.000000293. The number of aliphatic imine (C=N–C) groups is 1. The van der Waals surface area contributed by atoms with Crippen LogP contribution in [0.15, 0.2) is 4.99 Å². The second-order valence-electron chi connectivity index (χ2n) is 3.38. The molecule has 0 saturated heterocycles. The second kappa shape index (κ2) is 5.87. The lowest BCUT2D eigenvalue weighted by Crippen LogP contribution is -2.17. The molecule has 96 valence electrons. The fourth-order valence-electron chi connectivity index (χ4n) is 0.655. The van der Waals surface area contributed by atoms with E-state index in [2.05, 4.69) is 18.8 Å². The Labute approximate surface area is 97.9 Å². The van der Waals surface area contributed by atoms with Gasteiger partial charge in [-0.05, 0) is 20.1 Å². The zero-order chi connectivity index (χ0) is 13.0. The molecule has 4 nitrogen and oxygen atoms in total. The molecule has 1 rings (SSSR count). The predicted octanol–water partition coefficient (Wildman–Crippen LogP) is 2.24. The molecule has 0 spiro atoms. The minimum atomic E-state index is -4.97. The lowest BCUT2D eigenvalue weighted by Gasteiger charge is -2.07. The maximum Gasteiger partial charge on any atom is 0.496 e. The van der Waals surface area contributed by atoms with Crippen molar-refractivity contribution in [1.29, 1.82) is 0 Å². The van der Waals surface area contributed by atoms with E-state index in [0.717, 1.165) is 11.8 Å². The Hall–Kier alpha value is -0.280. The van der Waals surface area contributed by atoms with Gasteiger partial charge in [0.1, 0.15) is 6.61 Å². The molecule has 0 aromatic heterocycles. The maximum atomic E-state index is 10.6. The predicted molar refractivity (Wildman–Crippen MR) is 57.8 cm³/mol. The van der Waals surface area contributed by atoms with E-state index in [1.807, 2.05) is 6.26 Å². The van der Waals surface area contributed by atoms with Crippen molar-refractivity contribution < 1.29 is 26.7 Å². The third-order valence-corrected chi connectivity index (χ3v) is 2.27. The van der Waals surface area contributed by atoms with Crippen LogP contribution in [0.3, 0.4) is 0 Å². The SMILES string of the molecule is CSC1=NC(C)(C)CO1.O=S(O)C(F)(F)F. The fourth-order valence-corrected chi connectivity index (χ4v) is 1.17. The van der Waals surface area contributed by atoms with Crippen LogP contribution < -0.4 is 0 Å². The molecule has 0 aliphatic carbocycles. The van der Waals surface area contributed by atoms with Crippen molar-refractivity contribution >= 4 is 28.1 Å². The van der Waals surface area contributed by atoms with Gasteiger partial charge in [-0.2, -0.15) is 13.2 Å². The molecule has 1 atom stereocenters. The highest BCUT2D eigenvalue weighted by molar-refractivity contribution is 8.12. The number of thioether (sulfide) groups is 1. The summed E-state index contributed by atoms with van der Waals surface area (Å²) in [7, 11) is 0. The molecule has 0 radical (unpaired) electrons. The van der Waals surface area contributed by atoms with Crippen molar-refractivity contribution in [3.05, 3.63) is 0 Å². The first-order valence-corrected chi connectivity index (χ1v) is 6.36. The van der Waals surface area contributed by atoms with Gasteiger partial charge < -0.3 is 4.74 Å². The van der Waals surface area contributed by atoms with Crippen molar-refractivity contribution in [3.63, 3.8) is 0 Å². The molecule has 0 aromatic rings. The number of rotatable bonds is 0. The maximum absolute atomic E-state index is 10.6. The first kappa shape index (κ1) is 15.7. The number of hydrogen-bond acceptors (Lipinski definition) is 4. The highest BCUT2D eigenvalue weighted by Gasteiger charge is 2.35. The van der Waals surface area contributed by atoms with Crippen LogP contribution in [0.1, 0.15) is 13.8 Å². The molecular weight excluding hydrogens is 267 g/mol. The molecule has 0 bridgehead atoms. The molecule has 0 fully saturated rings. The van der Waals surface area contributed by atoms with Crippen molar-refractivity contribution in [3.8, 4) is 0 Å². The molecule has 0 amide bonds. The zero-order valence-corrected chi connectivity index (χ0v) is 10.5. The normalized spacial score (nSPS) is 20.3. The van der Waals surface area contributed by atoms with Crippen molar-refractivity contribution in [2.24, 2.45) is 4.99 Å².